The van der Waals surface area contributed by atoms with Crippen molar-refractivity contribution >= 4 is 21.5 Å². The van der Waals surface area contributed by atoms with Gasteiger partial charge in [0.15, 0.2) is 0 Å². The van der Waals surface area contributed by atoms with Crippen LogP contribution in [0.2, 0.25) is 0 Å². The summed E-state index contributed by atoms with van der Waals surface area (Å²) < 4.78 is 6.80. The summed E-state index contributed by atoms with van der Waals surface area (Å²) in [5.41, 5.74) is 14.8. The summed E-state index contributed by atoms with van der Waals surface area (Å²) in [6.45, 7) is 0. The van der Waals surface area contributed by atoms with E-state index in [1.165, 1.54) is 71.6 Å². The van der Waals surface area contributed by atoms with Gasteiger partial charge in [0.1, 0.15) is 11.5 Å². The van der Waals surface area contributed by atoms with Gasteiger partial charge in [-0.3, -0.25) is 0 Å². The van der Waals surface area contributed by atoms with E-state index in [4.69, 9.17) is 4.74 Å². The minimum Gasteiger partial charge on any atom is -0.455 e. The number of ether oxygens (including phenoxy) is 1. The van der Waals surface area contributed by atoms with E-state index in [2.05, 4.69) is 158 Å². The zero-order valence-corrected chi connectivity index (χ0v) is 24.9. The molecule has 1 aliphatic heterocycles. The molecule has 0 amide bonds. The zero-order valence-electron chi connectivity index (χ0n) is 24.9. The van der Waals surface area contributed by atoms with Crippen LogP contribution in [0.25, 0.3) is 66.1 Å². The molecule has 1 spiro atoms. The summed E-state index contributed by atoms with van der Waals surface area (Å²) in [5, 5.41) is 5.02. The van der Waals surface area contributed by atoms with Crippen LogP contribution in [-0.2, 0) is 5.41 Å². The van der Waals surface area contributed by atoms with Crippen LogP contribution < -0.4 is 4.74 Å². The van der Waals surface area contributed by atoms with Crippen molar-refractivity contribution in [3.05, 3.63) is 180 Å². The molecular weight excluding hydrogens is 556 g/mol. The van der Waals surface area contributed by atoms with Gasteiger partial charge in [0, 0.05) is 16.5 Å². The lowest BCUT2D eigenvalue weighted by Gasteiger charge is -2.40. The molecule has 11 rings (SSSR count). The normalized spacial score (nSPS) is 16.1. The Morgan fingerprint density at radius 1 is 0.348 bits per heavy atom. The fourth-order valence-corrected chi connectivity index (χ4v) is 8.91. The predicted molar refractivity (Wildman–Crippen MR) is 189 cm³/mol. The van der Waals surface area contributed by atoms with Gasteiger partial charge in [-0.1, -0.05) is 146 Å². The van der Waals surface area contributed by atoms with Crippen molar-refractivity contribution in [3.63, 3.8) is 0 Å². The first kappa shape index (κ1) is 24.4. The van der Waals surface area contributed by atoms with Crippen molar-refractivity contribution in [2.24, 2.45) is 0 Å². The van der Waals surface area contributed by atoms with Crippen LogP contribution in [0.15, 0.2) is 158 Å². The van der Waals surface area contributed by atoms with Crippen LogP contribution in [0.3, 0.4) is 0 Å². The topological polar surface area (TPSA) is 9.23 Å². The van der Waals surface area contributed by atoms with Crippen molar-refractivity contribution in [3.8, 4) is 56.0 Å². The molecule has 2 aliphatic carbocycles. The number of hydrogen-bond acceptors (Lipinski definition) is 1. The molecule has 0 saturated carbocycles. The Labute approximate surface area is 267 Å². The van der Waals surface area contributed by atoms with Crippen LogP contribution >= 0.6 is 0 Å². The maximum Gasteiger partial charge on any atom is 0.143 e. The molecule has 0 aromatic heterocycles. The third-order valence-corrected chi connectivity index (χ3v) is 10.7. The Hall–Kier alpha value is -5.92. The lowest BCUT2D eigenvalue weighted by molar-refractivity contribution is 0.489. The summed E-state index contributed by atoms with van der Waals surface area (Å²) in [5.74, 6) is 1.84. The first-order valence-electron chi connectivity index (χ1n) is 16.0. The van der Waals surface area contributed by atoms with E-state index in [1.807, 2.05) is 0 Å². The van der Waals surface area contributed by atoms with E-state index < -0.39 is 5.41 Å². The molecule has 1 heteroatoms. The molecule has 46 heavy (non-hydrogen) atoms. The van der Waals surface area contributed by atoms with Crippen molar-refractivity contribution in [1.29, 1.82) is 0 Å². The van der Waals surface area contributed by atoms with Gasteiger partial charge in [-0.2, -0.15) is 0 Å². The summed E-state index contributed by atoms with van der Waals surface area (Å²) in [4.78, 5) is 0. The van der Waals surface area contributed by atoms with Gasteiger partial charge in [-0.25, -0.2) is 0 Å². The van der Waals surface area contributed by atoms with E-state index in [1.54, 1.807) is 0 Å². The highest BCUT2D eigenvalue weighted by Crippen LogP contribution is 2.62. The van der Waals surface area contributed by atoms with E-state index in [0.717, 1.165) is 28.2 Å². The van der Waals surface area contributed by atoms with Crippen molar-refractivity contribution in [2.45, 2.75) is 5.41 Å². The maximum atomic E-state index is 6.80. The average Bonchev–Trinajstić information content (AvgIpc) is 3.41. The Morgan fingerprint density at radius 2 is 0.870 bits per heavy atom. The molecule has 0 radical (unpaired) electrons. The molecule has 1 nitrogen and oxygen atoms in total. The second-order valence-corrected chi connectivity index (χ2v) is 12.8. The minimum absolute atomic E-state index is 0.444. The monoisotopic (exact) mass is 582 g/mol. The number of para-hydroxylation sites is 1. The van der Waals surface area contributed by atoms with Gasteiger partial charge in [0.05, 0.1) is 5.41 Å². The molecule has 1 atom stereocenters. The van der Waals surface area contributed by atoms with Crippen LogP contribution in [0.4, 0.5) is 0 Å². The Kier molecular flexibility index (Phi) is 4.57. The Bertz CT molecular complexity index is 2610. The molecule has 212 valence electrons. The highest BCUT2D eigenvalue weighted by Gasteiger charge is 2.50. The molecular formula is C45H26O. The molecule has 1 unspecified atom stereocenters. The second kappa shape index (κ2) is 8.62. The molecule has 0 fully saturated rings. The minimum atomic E-state index is -0.444. The second-order valence-electron chi connectivity index (χ2n) is 12.8. The van der Waals surface area contributed by atoms with Crippen molar-refractivity contribution in [1.82, 2.24) is 0 Å². The lowest BCUT2D eigenvalue weighted by atomic mass is 9.61. The first-order chi connectivity index (χ1) is 22.8. The van der Waals surface area contributed by atoms with Crippen LogP contribution in [0, 0.1) is 0 Å². The summed E-state index contributed by atoms with van der Waals surface area (Å²) >= 11 is 0. The number of fused-ring (bicyclic) bond motifs is 11. The van der Waals surface area contributed by atoms with Gasteiger partial charge in [-0.05, 0) is 83.9 Å². The van der Waals surface area contributed by atoms with Gasteiger partial charge in [0.25, 0.3) is 0 Å². The average molecular weight is 583 g/mol. The number of rotatable bonds is 1. The molecule has 1 heterocycles. The van der Waals surface area contributed by atoms with Gasteiger partial charge < -0.3 is 4.74 Å². The van der Waals surface area contributed by atoms with Crippen LogP contribution in [-0.4, -0.2) is 0 Å². The van der Waals surface area contributed by atoms with Crippen molar-refractivity contribution < 1.29 is 4.74 Å². The smallest absolute Gasteiger partial charge is 0.143 e. The van der Waals surface area contributed by atoms with E-state index in [-0.39, 0.29) is 0 Å². The zero-order chi connectivity index (χ0) is 30.0. The third kappa shape index (κ3) is 2.87. The van der Waals surface area contributed by atoms with Gasteiger partial charge >= 0.3 is 0 Å². The largest absolute Gasteiger partial charge is 0.455 e. The number of hydrogen-bond donors (Lipinski definition) is 0. The van der Waals surface area contributed by atoms with E-state index in [0.29, 0.717) is 0 Å². The fraction of sp³-hybridized carbons (Fsp3) is 0.0222. The molecule has 0 bridgehead atoms. The van der Waals surface area contributed by atoms with Crippen LogP contribution in [0.1, 0.15) is 22.3 Å². The van der Waals surface area contributed by atoms with Crippen LogP contribution in [0.5, 0.6) is 11.5 Å². The highest BCUT2D eigenvalue weighted by atomic mass is 16.5. The summed E-state index contributed by atoms with van der Waals surface area (Å²) in [6, 6.07) is 58.3. The lowest BCUT2D eigenvalue weighted by Crippen LogP contribution is -2.31. The number of benzene rings is 8. The molecule has 0 N–H and O–H groups in total. The predicted octanol–water partition coefficient (Wildman–Crippen LogP) is 11.8. The molecule has 8 aromatic carbocycles. The highest BCUT2D eigenvalue weighted by molar-refractivity contribution is 6.08. The molecule has 3 aliphatic rings. The van der Waals surface area contributed by atoms with E-state index in [9.17, 15) is 0 Å². The maximum absolute atomic E-state index is 6.80. The quantitative estimate of drug-likeness (QED) is 0.187. The van der Waals surface area contributed by atoms with E-state index >= 15 is 0 Å². The third-order valence-electron chi connectivity index (χ3n) is 10.7. The van der Waals surface area contributed by atoms with Gasteiger partial charge in [-0.15, -0.1) is 0 Å². The summed E-state index contributed by atoms with van der Waals surface area (Å²) in [7, 11) is 0. The van der Waals surface area contributed by atoms with Crippen molar-refractivity contribution in [2.75, 3.05) is 0 Å². The molecule has 8 aromatic rings. The van der Waals surface area contributed by atoms with Gasteiger partial charge in [0.2, 0.25) is 0 Å². The summed E-state index contributed by atoms with van der Waals surface area (Å²) in [6.07, 6.45) is 0. The first-order valence-corrected chi connectivity index (χ1v) is 16.0. The molecule has 0 saturated heterocycles. The Morgan fingerprint density at radius 3 is 1.65 bits per heavy atom. The fourth-order valence-electron chi connectivity index (χ4n) is 8.91. The SMILES string of the molecule is c1ccc2c(c1)-c1ccc(-c3cccc4c3Oc3cccc5cccc-4c35)cc1C21c2ccccc2-c2cccc3cccc1c23. The Balaban J connectivity index is 1.23. The standard InChI is InChI=1S/C45H26O/c1-3-20-37-31(14-1)33-25-24-29(30-16-9-19-36-35-18-6-11-28-13-8-23-41(43(28)35)46-44(30)36)26-40(33)45(37)38-21-4-2-15-32(38)34-17-5-10-27-12-7-22-39(45)42(27)34/h1-26H.